The van der Waals surface area contributed by atoms with Crippen molar-refractivity contribution in [2.75, 3.05) is 19.7 Å². The highest BCUT2D eigenvalue weighted by Gasteiger charge is 2.33. The first kappa shape index (κ1) is 16.8. The molecular formula is C16H20N2O5. The zero-order valence-electron chi connectivity index (χ0n) is 12.9. The minimum Gasteiger partial charge on any atom is -0.482 e. The Morgan fingerprint density at radius 2 is 2.22 bits per heavy atom. The number of amides is 2. The molecule has 7 nitrogen and oxygen atoms in total. The van der Waals surface area contributed by atoms with Crippen molar-refractivity contribution in [3.63, 3.8) is 0 Å². The molecule has 1 atom stereocenters. The van der Waals surface area contributed by atoms with Crippen molar-refractivity contribution in [2.24, 2.45) is 5.92 Å². The molecule has 0 spiro atoms. The average molecular weight is 320 g/mol. The van der Waals surface area contributed by atoms with Crippen molar-refractivity contribution < 1.29 is 24.2 Å². The van der Waals surface area contributed by atoms with Gasteiger partial charge in [-0.05, 0) is 24.6 Å². The predicted molar refractivity (Wildman–Crippen MR) is 81.8 cm³/mol. The van der Waals surface area contributed by atoms with E-state index in [1.165, 1.54) is 0 Å². The largest absolute Gasteiger partial charge is 0.482 e. The third-order valence-corrected chi connectivity index (χ3v) is 3.69. The monoisotopic (exact) mass is 320 g/mol. The first-order valence-corrected chi connectivity index (χ1v) is 7.48. The van der Waals surface area contributed by atoms with Gasteiger partial charge in [-0.2, -0.15) is 0 Å². The van der Waals surface area contributed by atoms with Crippen molar-refractivity contribution in [3.8, 4) is 5.75 Å². The Kier molecular flexibility index (Phi) is 5.56. The summed E-state index contributed by atoms with van der Waals surface area (Å²) >= 11 is 0. The fourth-order valence-corrected chi connectivity index (χ4v) is 2.48. The number of nitrogens with one attached hydrogen (secondary N) is 1. The molecule has 1 aromatic rings. The van der Waals surface area contributed by atoms with E-state index < -0.39 is 12.6 Å². The van der Waals surface area contributed by atoms with E-state index in [1.54, 1.807) is 23.1 Å². The van der Waals surface area contributed by atoms with Crippen LogP contribution in [0.4, 0.5) is 0 Å². The van der Waals surface area contributed by atoms with Gasteiger partial charge in [0.2, 0.25) is 11.8 Å². The summed E-state index contributed by atoms with van der Waals surface area (Å²) < 4.78 is 5.09. The van der Waals surface area contributed by atoms with Gasteiger partial charge < -0.3 is 20.1 Å². The van der Waals surface area contributed by atoms with Crippen LogP contribution >= 0.6 is 0 Å². The van der Waals surface area contributed by atoms with Crippen LogP contribution in [-0.4, -0.2) is 47.5 Å². The Labute approximate surface area is 134 Å². The smallest absolute Gasteiger partial charge is 0.341 e. The number of carboxylic acids is 1. The van der Waals surface area contributed by atoms with Crippen molar-refractivity contribution >= 4 is 17.8 Å². The molecule has 1 unspecified atom stereocenters. The number of rotatable bonds is 7. The van der Waals surface area contributed by atoms with Gasteiger partial charge in [0.15, 0.2) is 6.61 Å². The maximum Gasteiger partial charge on any atom is 0.341 e. The highest BCUT2D eigenvalue weighted by atomic mass is 16.5. The van der Waals surface area contributed by atoms with E-state index in [2.05, 4.69) is 5.32 Å². The highest BCUT2D eigenvalue weighted by Crippen LogP contribution is 2.18. The molecule has 0 bridgehead atoms. The molecule has 0 saturated carbocycles. The van der Waals surface area contributed by atoms with E-state index in [0.717, 1.165) is 5.56 Å². The standard InChI is InChI=1S/C16H20N2O5/c1-2-18-9-12(7-14(18)19)16(22)17-8-11-4-3-5-13(6-11)23-10-15(20)21/h3-6,12H,2,7-10H2,1H3,(H,17,22)(H,20,21). The number of carboxylic acid groups (broad SMARTS) is 1. The first-order valence-electron chi connectivity index (χ1n) is 7.48. The van der Waals surface area contributed by atoms with Gasteiger partial charge in [0.1, 0.15) is 5.75 Å². The number of hydrogen-bond donors (Lipinski definition) is 2. The molecular weight excluding hydrogens is 300 g/mol. The Morgan fingerprint density at radius 1 is 1.43 bits per heavy atom. The van der Waals surface area contributed by atoms with Crippen LogP contribution in [0.1, 0.15) is 18.9 Å². The summed E-state index contributed by atoms with van der Waals surface area (Å²) in [5.74, 6) is -1.06. The summed E-state index contributed by atoms with van der Waals surface area (Å²) in [5, 5.41) is 11.4. The van der Waals surface area contributed by atoms with Crippen LogP contribution in [0.2, 0.25) is 0 Å². The second-order valence-corrected chi connectivity index (χ2v) is 5.38. The van der Waals surface area contributed by atoms with Gasteiger partial charge in [-0.15, -0.1) is 0 Å². The molecule has 1 saturated heterocycles. The normalized spacial score (nSPS) is 17.2. The van der Waals surface area contributed by atoms with Gasteiger partial charge in [0.25, 0.3) is 0 Å². The average Bonchev–Trinajstić information content (AvgIpc) is 2.92. The Morgan fingerprint density at radius 3 is 2.87 bits per heavy atom. The van der Waals surface area contributed by atoms with Crippen LogP contribution in [0.25, 0.3) is 0 Å². The van der Waals surface area contributed by atoms with E-state index >= 15 is 0 Å². The van der Waals surface area contributed by atoms with Crippen LogP contribution in [0.15, 0.2) is 24.3 Å². The van der Waals surface area contributed by atoms with Crippen molar-refractivity contribution in [2.45, 2.75) is 19.9 Å². The second kappa shape index (κ2) is 7.62. The summed E-state index contributed by atoms with van der Waals surface area (Å²) in [6, 6.07) is 6.88. The minimum absolute atomic E-state index is 0.0109. The van der Waals surface area contributed by atoms with E-state index in [1.807, 2.05) is 13.0 Å². The molecule has 1 heterocycles. The second-order valence-electron chi connectivity index (χ2n) is 5.38. The summed E-state index contributed by atoms with van der Waals surface area (Å²) in [4.78, 5) is 35.9. The molecule has 1 aromatic carbocycles. The lowest BCUT2D eigenvalue weighted by molar-refractivity contribution is -0.139. The van der Waals surface area contributed by atoms with Crippen molar-refractivity contribution in [1.82, 2.24) is 10.2 Å². The topological polar surface area (TPSA) is 95.9 Å². The molecule has 2 rings (SSSR count). The zero-order valence-corrected chi connectivity index (χ0v) is 12.9. The molecule has 7 heteroatoms. The highest BCUT2D eigenvalue weighted by molar-refractivity contribution is 5.89. The van der Waals surface area contributed by atoms with E-state index in [4.69, 9.17) is 9.84 Å². The summed E-state index contributed by atoms with van der Waals surface area (Å²) in [5.41, 5.74) is 0.804. The third kappa shape index (κ3) is 4.70. The summed E-state index contributed by atoms with van der Waals surface area (Å²) in [7, 11) is 0. The number of carbonyl (C=O) groups excluding carboxylic acids is 2. The summed E-state index contributed by atoms with van der Waals surface area (Å²) in [6.45, 7) is 2.86. The van der Waals surface area contributed by atoms with Crippen molar-refractivity contribution in [3.05, 3.63) is 29.8 Å². The molecule has 2 amide bonds. The lowest BCUT2D eigenvalue weighted by Crippen LogP contribution is -2.32. The Balaban J connectivity index is 1.86. The number of nitrogens with zero attached hydrogens (tertiary/aromatic N) is 1. The molecule has 1 aliphatic rings. The number of hydrogen-bond acceptors (Lipinski definition) is 4. The maximum atomic E-state index is 12.1. The molecule has 1 aliphatic heterocycles. The molecule has 23 heavy (non-hydrogen) atoms. The number of aliphatic carboxylic acids is 1. The van der Waals surface area contributed by atoms with Crippen LogP contribution in [0, 0.1) is 5.92 Å². The van der Waals surface area contributed by atoms with E-state index in [9.17, 15) is 14.4 Å². The Hall–Kier alpha value is -2.57. The fourth-order valence-electron chi connectivity index (χ4n) is 2.48. The molecule has 0 radical (unpaired) electrons. The first-order chi connectivity index (χ1) is 11.0. The lowest BCUT2D eigenvalue weighted by atomic mass is 10.1. The predicted octanol–water partition coefficient (Wildman–Crippen LogP) is 0.635. The maximum absolute atomic E-state index is 12.1. The summed E-state index contributed by atoms with van der Waals surface area (Å²) in [6.07, 6.45) is 0.251. The number of likely N-dealkylation sites (tertiary alicyclic amines) is 1. The zero-order chi connectivity index (χ0) is 16.8. The van der Waals surface area contributed by atoms with E-state index in [0.29, 0.717) is 25.4 Å². The van der Waals surface area contributed by atoms with Gasteiger partial charge in [0, 0.05) is 26.1 Å². The fraction of sp³-hybridized carbons (Fsp3) is 0.438. The number of ether oxygens (including phenoxy) is 1. The molecule has 0 aromatic heterocycles. The lowest BCUT2D eigenvalue weighted by Gasteiger charge is -2.14. The third-order valence-electron chi connectivity index (χ3n) is 3.69. The van der Waals surface area contributed by atoms with Crippen LogP contribution in [0.3, 0.4) is 0 Å². The quantitative estimate of drug-likeness (QED) is 0.768. The van der Waals surface area contributed by atoms with Gasteiger partial charge >= 0.3 is 5.97 Å². The number of benzene rings is 1. The van der Waals surface area contributed by atoms with Crippen LogP contribution < -0.4 is 10.1 Å². The van der Waals surface area contributed by atoms with Crippen LogP contribution in [0.5, 0.6) is 5.75 Å². The van der Waals surface area contributed by atoms with E-state index in [-0.39, 0.29) is 24.2 Å². The molecule has 124 valence electrons. The SMILES string of the molecule is CCN1CC(C(=O)NCc2cccc(OCC(=O)O)c2)CC1=O. The van der Waals surface area contributed by atoms with Gasteiger partial charge in [0.05, 0.1) is 5.92 Å². The number of carbonyl (C=O) groups is 3. The molecule has 0 aliphatic carbocycles. The minimum atomic E-state index is -1.05. The Bertz CT molecular complexity index is 602. The molecule has 2 N–H and O–H groups in total. The molecule has 1 fully saturated rings. The van der Waals surface area contributed by atoms with Gasteiger partial charge in [-0.25, -0.2) is 4.79 Å². The van der Waals surface area contributed by atoms with Gasteiger partial charge in [-0.1, -0.05) is 12.1 Å². The van der Waals surface area contributed by atoms with Crippen molar-refractivity contribution in [1.29, 1.82) is 0 Å². The van der Waals surface area contributed by atoms with Gasteiger partial charge in [-0.3, -0.25) is 9.59 Å². The van der Waals surface area contributed by atoms with Crippen LogP contribution in [-0.2, 0) is 20.9 Å².